The molecule has 1 aliphatic heterocycles. The monoisotopic (exact) mass is 276 g/mol. The van der Waals surface area contributed by atoms with Crippen LogP contribution in [0.1, 0.15) is 11.3 Å². The highest BCUT2D eigenvalue weighted by molar-refractivity contribution is 7.89. The van der Waals surface area contributed by atoms with Crippen molar-refractivity contribution in [3.8, 4) is 0 Å². The van der Waals surface area contributed by atoms with Crippen molar-refractivity contribution in [3.63, 3.8) is 0 Å². The van der Waals surface area contributed by atoms with Gasteiger partial charge in [0.15, 0.2) is 0 Å². The van der Waals surface area contributed by atoms with Crippen molar-refractivity contribution >= 4 is 16.0 Å². The van der Waals surface area contributed by atoms with Gasteiger partial charge in [0.1, 0.15) is 0 Å². The van der Waals surface area contributed by atoms with E-state index in [9.17, 15) is 8.42 Å². The molecule has 6 nitrogen and oxygen atoms in total. The lowest BCUT2D eigenvalue weighted by molar-refractivity contribution is 0.430. The van der Waals surface area contributed by atoms with Crippen LogP contribution in [0.15, 0.2) is 41.4 Å². The zero-order valence-electron chi connectivity index (χ0n) is 10.0. The van der Waals surface area contributed by atoms with E-state index in [4.69, 9.17) is 5.73 Å². The molecule has 2 heterocycles. The van der Waals surface area contributed by atoms with Gasteiger partial charge in [-0.05, 0) is 12.1 Å². The minimum Gasteiger partial charge on any atom is -0.368 e. The molecule has 0 radical (unpaired) electrons. The number of hydrogen-bond acceptors (Lipinski definition) is 5. The number of nitrogens with two attached hydrogens (primary N) is 1. The Hall–Kier alpha value is -1.99. The van der Waals surface area contributed by atoms with Crippen molar-refractivity contribution in [2.75, 3.05) is 5.73 Å². The summed E-state index contributed by atoms with van der Waals surface area (Å²) in [7, 11) is -3.49. The Morgan fingerprint density at radius 1 is 1.16 bits per heavy atom. The SMILES string of the molecule is Nc1ncc2c(n1)CN(S(=O)(=O)c1ccccc1)C2. The van der Waals surface area contributed by atoms with Crippen LogP contribution in [0.4, 0.5) is 5.95 Å². The van der Waals surface area contributed by atoms with Crippen LogP contribution in [0.2, 0.25) is 0 Å². The molecule has 0 spiro atoms. The van der Waals surface area contributed by atoms with Gasteiger partial charge < -0.3 is 5.73 Å². The van der Waals surface area contributed by atoms with Gasteiger partial charge in [-0.2, -0.15) is 4.31 Å². The van der Waals surface area contributed by atoms with Crippen LogP contribution in [0.3, 0.4) is 0 Å². The van der Waals surface area contributed by atoms with Crippen LogP contribution in [-0.4, -0.2) is 22.7 Å². The molecule has 3 rings (SSSR count). The first kappa shape index (κ1) is 12.1. The molecule has 19 heavy (non-hydrogen) atoms. The van der Waals surface area contributed by atoms with Gasteiger partial charge in [-0.1, -0.05) is 18.2 Å². The van der Waals surface area contributed by atoms with E-state index < -0.39 is 10.0 Å². The molecule has 0 fully saturated rings. The fourth-order valence-corrected chi connectivity index (χ4v) is 3.45. The number of anilines is 1. The Morgan fingerprint density at radius 2 is 1.89 bits per heavy atom. The third-order valence-electron chi connectivity index (χ3n) is 3.03. The quantitative estimate of drug-likeness (QED) is 0.874. The maximum atomic E-state index is 12.4. The Morgan fingerprint density at radius 3 is 2.63 bits per heavy atom. The first-order valence-electron chi connectivity index (χ1n) is 5.73. The number of hydrogen-bond donors (Lipinski definition) is 1. The largest absolute Gasteiger partial charge is 0.368 e. The fourth-order valence-electron chi connectivity index (χ4n) is 2.05. The molecule has 0 saturated heterocycles. The first-order chi connectivity index (χ1) is 9.07. The molecule has 0 aliphatic carbocycles. The van der Waals surface area contributed by atoms with Crippen LogP contribution in [-0.2, 0) is 23.1 Å². The Balaban J connectivity index is 1.95. The Kier molecular flexibility index (Phi) is 2.72. The van der Waals surface area contributed by atoms with E-state index in [2.05, 4.69) is 9.97 Å². The second-order valence-electron chi connectivity index (χ2n) is 4.29. The van der Waals surface area contributed by atoms with E-state index in [1.54, 1.807) is 36.5 Å². The molecule has 1 aromatic heterocycles. The third kappa shape index (κ3) is 2.06. The number of sulfonamides is 1. The molecule has 0 unspecified atom stereocenters. The highest BCUT2D eigenvalue weighted by Gasteiger charge is 2.31. The van der Waals surface area contributed by atoms with E-state index in [-0.39, 0.29) is 23.9 Å². The van der Waals surface area contributed by atoms with Crippen LogP contribution >= 0.6 is 0 Å². The van der Waals surface area contributed by atoms with Crippen molar-refractivity contribution in [2.24, 2.45) is 0 Å². The smallest absolute Gasteiger partial charge is 0.243 e. The van der Waals surface area contributed by atoms with Gasteiger partial charge in [0, 0.05) is 18.3 Å². The zero-order chi connectivity index (χ0) is 13.5. The maximum Gasteiger partial charge on any atom is 0.243 e. The molecule has 2 aromatic rings. The summed E-state index contributed by atoms with van der Waals surface area (Å²) < 4.78 is 26.2. The molecule has 0 amide bonds. The lowest BCUT2D eigenvalue weighted by Gasteiger charge is -2.14. The van der Waals surface area contributed by atoms with Crippen molar-refractivity contribution in [1.82, 2.24) is 14.3 Å². The van der Waals surface area contributed by atoms with Crippen LogP contribution in [0.25, 0.3) is 0 Å². The number of nitrogens with zero attached hydrogens (tertiary/aromatic N) is 3. The minimum absolute atomic E-state index is 0.165. The van der Waals surface area contributed by atoms with Gasteiger partial charge in [0.25, 0.3) is 0 Å². The summed E-state index contributed by atoms with van der Waals surface area (Å²) in [6, 6.07) is 8.35. The van der Waals surface area contributed by atoms with Gasteiger partial charge >= 0.3 is 0 Å². The fraction of sp³-hybridized carbons (Fsp3) is 0.167. The predicted octanol–water partition coefficient (Wildman–Crippen LogP) is 0.763. The standard InChI is InChI=1S/C12H12N4O2S/c13-12-14-6-9-7-16(8-11(9)15-12)19(17,18)10-4-2-1-3-5-10/h1-6H,7-8H2,(H2,13,14,15). The molecule has 1 aromatic carbocycles. The first-order valence-corrected chi connectivity index (χ1v) is 7.17. The highest BCUT2D eigenvalue weighted by Crippen LogP contribution is 2.27. The highest BCUT2D eigenvalue weighted by atomic mass is 32.2. The lowest BCUT2D eigenvalue weighted by atomic mass is 10.3. The Bertz CT molecular complexity index is 716. The van der Waals surface area contributed by atoms with Gasteiger partial charge in [-0.25, -0.2) is 18.4 Å². The normalized spacial score (nSPS) is 15.4. The van der Waals surface area contributed by atoms with Crippen LogP contribution in [0.5, 0.6) is 0 Å². The molecule has 0 atom stereocenters. The molecular formula is C12H12N4O2S. The second kappa shape index (κ2) is 4.29. The summed E-state index contributed by atoms with van der Waals surface area (Å²) in [6.45, 7) is 0.520. The molecule has 1 aliphatic rings. The third-order valence-corrected chi connectivity index (χ3v) is 4.83. The minimum atomic E-state index is -3.49. The number of fused-ring (bicyclic) bond motifs is 1. The molecule has 0 bridgehead atoms. The van der Waals surface area contributed by atoms with E-state index in [0.29, 0.717) is 5.69 Å². The van der Waals surface area contributed by atoms with E-state index in [0.717, 1.165) is 5.56 Å². The van der Waals surface area contributed by atoms with Gasteiger partial charge in [0.2, 0.25) is 16.0 Å². The lowest BCUT2D eigenvalue weighted by Crippen LogP contribution is -2.25. The van der Waals surface area contributed by atoms with Crippen molar-refractivity contribution in [3.05, 3.63) is 47.8 Å². The number of rotatable bonds is 2. The summed E-state index contributed by atoms with van der Waals surface area (Å²) >= 11 is 0. The predicted molar refractivity (Wildman–Crippen MR) is 69.3 cm³/mol. The summed E-state index contributed by atoms with van der Waals surface area (Å²) in [5, 5.41) is 0. The molecule has 98 valence electrons. The van der Waals surface area contributed by atoms with Gasteiger partial charge in [-0.15, -0.1) is 0 Å². The molecule has 2 N–H and O–H groups in total. The molecular weight excluding hydrogens is 264 g/mol. The van der Waals surface area contributed by atoms with Crippen molar-refractivity contribution < 1.29 is 8.42 Å². The molecule has 0 saturated carbocycles. The zero-order valence-corrected chi connectivity index (χ0v) is 10.8. The van der Waals surface area contributed by atoms with Crippen LogP contribution in [0, 0.1) is 0 Å². The number of aromatic nitrogens is 2. The summed E-state index contributed by atoms with van der Waals surface area (Å²) in [5.74, 6) is 0.165. The van der Waals surface area contributed by atoms with Gasteiger partial charge in [0.05, 0.1) is 17.1 Å². The van der Waals surface area contributed by atoms with Crippen molar-refractivity contribution in [1.29, 1.82) is 0 Å². The van der Waals surface area contributed by atoms with Crippen molar-refractivity contribution in [2.45, 2.75) is 18.0 Å². The topological polar surface area (TPSA) is 89.2 Å². The van der Waals surface area contributed by atoms with E-state index in [1.165, 1.54) is 4.31 Å². The summed E-state index contributed by atoms with van der Waals surface area (Å²) in [5.41, 5.74) is 6.98. The summed E-state index contributed by atoms with van der Waals surface area (Å²) in [4.78, 5) is 8.24. The summed E-state index contributed by atoms with van der Waals surface area (Å²) in [6.07, 6.45) is 1.58. The maximum absolute atomic E-state index is 12.4. The molecule has 7 heteroatoms. The number of benzene rings is 1. The second-order valence-corrected chi connectivity index (χ2v) is 6.22. The van der Waals surface area contributed by atoms with E-state index in [1.807, 2.05) is 0 Å². The average molecular weight is 276 g/mol. The number of nitrogen functional groups attached to an aromatic ring is 1. The average Bonchev–Trinajstić information content (AvgIpc) is 2.83. The van der Waals surface area contributed by atoms with Gasteiger partial charge in [-0.3, -0.25) is 0 Å². The Labute approximate surface area is 111 Å². The van der Waals surface area contributed by atoms with E-state index >= 15 is 0 Å². The van der Waals surface area contributed by atoms with Crippen LogP contribution < -0.4 is 5.73 Å².